The van der Waals surface area contributed by atoms with Crippen molar-refractivity contribution in [2.75, 3.05) is 0 Å². The normalized spacial score (nSPS) is 12.7. The molecular formula is C12H14O2S. The van der Waals surface area contributed by atoms with Gasteiger partial charge in [0, 0.05) is 6.42 Å². The predicted molar refractivity (Wildman–Crippen MR) is 61.2 cm³/mol. The zero-order valence-corrected chi connectivity index (χ0v) is 9.71. The molecule has 1 atom stereocenters. The Morgan fingerprint density at radius 2 is 1.87 bits per heavy atom. The maximum absolute atomic E-state index is 12.0. The average Bonchev–Trinajstić information content (AvgIpc) is 2.27. The van der Waals surface area contributed by atoms with Crippen molar-refractivity contribution in [3.8, 4) is 11.8 Å². The molecule has 0 saturated heterocycles. The lowest BCUT2D eigenvalue weighted by Crippen LogP contribution is -2.17. The second kappa shape index (κ2) is 4.99. The number of hydrogen-bond acceptors (Lipinski definition) is 2. The van der Waals surface area contributed by atoms with Crippen LogP contribution in [-0.4, -0.2) is 13.7 Å². The molecule has 15 heavy (non-hydrogen) atoms. The van der Waals surface area contributed by atoms with Crippen molar-refractivity contribution in [1.29, 1.82) is 0 Å². The van der Waals surface area contributed by atoms with Crippen LogP contribution >= 0.6 is 0 Å². The summed E-state index contributed by atoms with van der Waals surface area (Å²) in [6.45, 7) is 3.40. The Labute approximate surface area is 91.2 Å². The summed E-state index contributed by atoms with van der Waals surface area (Å²) in [5.41, 5.74) is 0. The first-order valence-electron chi connectivity index (χ1n) is 4.77. The van der Waals surface area contributed by atoms with E-state index >= 15 is 0 Å². The summed E-state index contributed by atoms with van der Waals surface area (Å²) in [6.07, 6.45) is 0.383. The smallest absolute Gasteiger partial charge is 0.181 e. The lowest BCUT2D eigenvalue weighted by Gasteiger charge is -2.09. The summed E-state index contributed by atoms with van der Waals surface area (Å²) < 4.78 is 23.9. The van der Waals surface area contributed by atoms with Crippen LogP contribution in [0.25, 0.3) is 0 Å². The molecule has 3 heteroatoms. The highest BCUT2D eigenvalue weighted by molar-refractivity contribution is 7.92. The molecule has 0 N–H and O–H groups in total. The molecule has 1 aromatic rings. The van der Waals surface area contributed by atoms with Crippen molar-refractivity contribution in [1.82, 2.24) is 0 Å². The molecule has 0 aliphatic carbocycles. The second-order valence-electron chi connectivity index (χ2n) is 3.30. The van der Waals surface area contributed by atoms with Gasteiger partial charge in [0.2, 0.25) is 0 Å². The fourth-order valence-electron chi connectivity index (χ4n) is 1.20. The molecule has 2 nitrogen and oxygen atoms in total. The average molecular weight is 222 g/mol. The van der Waals surface area contributed by atoms with Gasteiger partial charge in [0.1, 0.15) is 0 Å². The molecule has 0 aliphatic heterocycles. The van der Waals surface area contributed by atoms with Crippen LogP contribution in [0.3, 0.4) is 0 Å². The van der Waals surface area contributed by atoms with Gasteiger partial charge in [-0.2, -0.15) is 0 Å². The van der Waals surface area contributed by atoms with Crippen LogP contribution in [0, 0.1) is 11.8 Å². The van der Waals surface area contributed by atoms with Crippen molar-refractivity contribution in [3.05, 3.63) is 30.3 Å². The van der Waals surface area contributed by atoms with E-state index in [1.807, 2.05) is 0 Å². The molecule has 0 bridgehead atoms. The first kappa shape index (κ1) is 11.8. The summed E-state index contributed by atoms with van der Waals surface area (Å²) in [7, 11) is -3.21. The topological polar surface area (TPSA) is 34.1 Å². The van der Waals surface area contributed by atoms with Gasteiger partial charge in [0.15, 0.2) is 9.84 Å². The number of hydrogen-bond donors (Lipinski definition) is 0. The lowest BCUT2D eigenvalue weighted by molar-refractivity contribution is 0.584. The minimum Gasteiger partial charge on any atom is -0.223 e. The Morgan fingerprint density at radius 3 is 2.40 bits per heavy atom. The van der Waals surface area contributed by atoms with Gasteiger partial charge < -0.3 is 0 Å². The summed E-state index contributed by atoms with van der Waals surface area (Å²) in [5, 5.41) is -0.452. The van der Waals surface area contributed by atoms with Crippen LogP contribution in [0.15, 0.2) is 35.2 Å². The third-order valence-electron chi connectivity index (χ3n) is 2.17. The molecular weight excluding hydrogens is 208 g/mol. The van der Waals surface area contributed by atoms with E-state index in [1.54, 1.807) is 44.2 Å². The lowest BCUT2D eigenvalue weighted by atomic mass is 10.3. The number of benzene rings is 1. The fraction of sp³-hybridized carbons (Fsp3) is 0.333. The van der Waals surface area contributed by atoms with Crippen molar-refractivity contribution < 1.29 is 8.42 Å². The number of rotatable bonds is 3. The molecule has 0 amide bonds. The minimum absolute atomic E-state index is 0.371. The van der Waals surface area contributed by atoms with E-state index < -0.39 is 15.1 Å². The molecule has 0 saturated carbocycles. The highest BCUT2D eigenvalue weighted by Gasteiger charge is 2.21. The Bertz CT molecular complexity index is 463. The molecule has 80 valence electrons. The zero-order chi connectivity index (χ0) is 11.3. The van der Waals surface area contributed by atoms with Crippen molar-refractivity contribution in [2.24, 2.45) is 0 Å². The Balaban J connectivity index is 2.97. The summed E-state index contributed by atoms with van der Waals surface area (Å²) in [5.74, 6) is 5.50. The SMILES string of the molecule is CC#CCC(C)S(=O)(=O)c1ccccc1. The molecule has 0 spiro atoms. The predicted octanol–water partition coefficient (Wildman–Crippen LogP) is 2.26. The highest BCUT2D eigenvalue weighted by Crippen LogP contribution is 2.17. The van der Waals surface area contributed by atoms with Gasteiger partial charge >= 0.3 is 0 Å². The third kappa shape index (κ3) is 2.84. The van der Waals surface area contributed by atoms with E-state index in [1.165, 1.54) is 0 Å². The van der Waals surface area contributed by atoms with Crippen LogP contribution in [0.2, 0.25) is 0 Å². The minimum atomic E-state index is -3.21. The summed E-state index contributed by atoms with van der Waals surface area (Å²) in [4.78, 5) is 0.371. The third-order valence-corrected chi connectivity index (χ3v) is 4.32. The Hall–Kier alpha value is -1.27. The van der Waals surface area contributed by atoms with E-state index in [9.17, 15) is 8.42 Å². The molecule has 0 fully saturated rings. The van der Waals surface area contributed by atoms with Gasteiger partial charge in [-0.05, 0) is 26.0 Å². The maximum Gasteiger partial charge on any atom is 0.181 e. The van der Waals surface area contributed by atoms with Crippen LogP contribution in [0.4, 0.5) is 0 Å². The molecule has 1 rings (SSSR count). The Morgan fingerprint density at radius 1 is 1.27 bits per heavy atom. The largest absolute Gasteiger partial charge is 0.223 e. The van der Waals surface area contributed by atoms with Gasteiger partial charge in [0.05, 0.1) is 10.1 Å². The standard InChI is InChI=1S/C12H14O2S/c1-3-4-8-11(2)15(13,14)12-9-6-5-7-10-12/h5-7,9-11H,8H2,1-2H3. The maximum atomic E-state index is 12.0. The Kier molecular flexibility index (Phi) is 3.93. The van der Waals surface area contributed by atoms with E-state index in [0.717, 1.165) is 0 Å². The van der Waals surface area contributed by atoms with Crippen LogP contribution < -0.4 is 0 Å². The monoisotopic (exact) mass is 222 g/mol. The molecule has 0 aliphatic rings. The number of sulfone groups is 1. The van der Waals surface area contributed by atoms with E-state index in [-0.39, 0.29) is 0 Å². The van der Waals surface area contributed by atoms with E-state index in [4.69, 9.17) is 0 Å². The van der Waals surface area contributed by atoms with Gasteiger partial charge in [-0.15, -0.1) is 11.8 Å². The molecule has 0 aromatic heterocycles. The van der Waals surface area contributed by atoms with Crippen LogP contribution in [0.1, 0.15) is 20.3 Å². The van der Waals surface area contributed by atoms with Gasteiger partial charge in [0.25, 0.3) is 0 Å². The van der Waals surface area contributed by atoms with E-state index in [0.29, 0.717) is 11.3 Å². The van der Waals surface area contributed by atoms with E-state index in [2.05, 4.69) is 11.8 Å². The van der Waals surface area contributed by atoms with Gasteiger partial charge in [-0.1, -0.05) is 18.2 Å². The van der Waals surface area contributed by atoms with Gasteiger partial charge in [-0.25, -0.2) is 8.42 Å². The quantitative estimate of drug-likeness (QED) is 0.735. The molecule has 1 unspecified atom stereocenters. The van der Waals surface area contributed by atoms with Crippen LogP contribution in [0.5, 0.6) is 0 Å². The van der Waals surface area contributed by atoms with Crippen molar-refractivity contribution >= 4 is 9.84 Å². The summed E-state index contributed by atoms with van der Waals surface area (Å²) in [6, 6.07) is 8.49. The zero-order valence-electron chi connectivity index (χ0n) is 8.90. The fourth-order valence-corrected chi connectivity index (χ4v) is 2.50. The van der Waals surface area contributed by atoms with Crippen molar-refractivity contribution in [3.63, 3.8) is 0 Å². The summed E-state index contributed by atoms with van der Waals surface area (Å²) >= 11 is 0. The van der Waals surface area contributed by atoms with Crippen LogP contribution in [-0.2, 0) is 9.84 Å². The van der Waals surface area contributed by atoms with Crippen molar-refractivity contribution in [2.45, 2.75) is 30.4 Å². The first-order chi connectivity index (χ1) is 7.09. The molecule has 0 heterocycles. The second-order valence-corrected chi connectivity index (χ2v) is 5.67. The molecule has 0 radical (unpaired) electrons. The molecule has 1 aromatic carbocycles. The highest BCUT2D eigenvalue weighted by atomic mass is 32.2. The van der Waals surface area contributed by atoms with Gasteiger partial charge in [-0.3, -0.25) is 0 Å². The first-order valence-corrected chi connectivity index (χ1v) is 6.32.